The SMILES string of the molecule is COc1ccc(CCNC(=O)CC(=O)Nc2cccc(C(C)=O)c2)cc1. The summed E-state index contributed by atoms with van der Waals surface area (Å²) in [6.45, 7) is 1.90. The predicted octanol–water partition coefficient (Wildman–Crippen LogP) is 2.59. The Balaban J connectivity index is 1.75. The fourth-order valence-corrected chi connectivity index (χ4v) is 2.37. The minimum Gasteiger partial charge on any atom is -0.497 e. The molecule has 136 valence electrons. The molecule has 2 aromatic carbocycles. The molecule has 0 atom stereocenters. The van der Waals surface area contributed by atoms with Crippen molar-refractivity contribution < 1.29 is 19.1 Å². The number of carbonyl (C=O) groups is 3. The van der Waals surface area contributed by atoms with Crippen LogP contribution in [-0.4, -0.2) is 31.3 Å². The van der Waals surface area contributed by atoms with Crippen LogP contribution in [0, 0.1) is 0 Å². The van der Waals surface area contributed by atoms with Crippen LogP contribution in [-0.2, 0) is 16.0 Å². The fourth-order valence-electron chi connectivity index (χ4n) is 2.37. The summed E-state index contributed by atoms with van der Waals surface area (Å²) >= 11 is 0. The summed E-state index contributed by atoms with van der Waals surface area (Å²) in [5.74, 6) is -0.0768. The Labute approximate surface area is 152 Å². The van der Waals surface area contributed by atoms with Crippen molar-refractivity contribution >= 4 is 23.3 Å². The molecular formula is C20H22N2O4. The molecule has 2 amide bonds. The maximum atomic E-state index is 11.9. The van der Waals surface area contributed by atoms with Gasteiger partial charge in [-0.3, -0.25) is 14.4 Å². The van der Waals surface area contributed by atoms with Gasteiger partial charge in [0, 0.05) is 17.8 Å². The first kappa shape index (κ1) is 19.2. The van der Waals surface area contributed by atoms with Gasteiger partial charge in [-0.05, 0) is 43.2 Å². The van der Waals surface area contributed by atoms with Gasteiger partial charge in [-0.15, -0.1) is 0 Å². The van der Waals surface area contributed by atoms with Gasteiger partial charge in [0.2, 0.25) is 11.8 Å². The first-order valence-electron chi connectivity index (χ1n) is 8.28. The minimum atomic E-state index is -0.423. The summed E-state index contributed by atoms with van der Waals surface area (Å²) in [7, 11) is 1.61. The lowest BCUT2D eigenvalue weighted by Gasteiger charge is -2.08. The van der Waals surface area contributed by atoms with Crippen molar-refractivity contribution in [1.82, 2.24) is 5.32 Å². The number of carbonyl (C=O) groups excluding carboxylic acids is 3. The van der Waals surface area contributed by atoms with E-state index in [0.29, 0.717) is 24.2 Å². The second kappa shape index (κ2) is 9.36. The van der Waals surface area contributed by atoms with Gasteiger partial charge in [0.15, 0.2) is 5.78 Å². The third-order valence-corrected chi connectivity index (χ3v) is 3.77. The van der Waals surface area contributed by atoms with E-state index in [4.69, 9.17) is 4.74 Å². The molecule has 0 unspecified atom stereocenters. The van der Waals surface area contributed by atoms with E-state index >= 15 is 0 Å². The molecule has 0 aliphatic carbocycles. The maximum Gasteiger partial charge on any atom is 0.233 e. The van der Waals surface area contributed by atoms with Gasteiger partial charge < -0.3 is 15.4 Å². The Hall–Kier alpha value is -3.15. The monoisotopic (exact) mass is 354 g/mol. The Kier molecular flexibility index (Phi) is 6.91. The molecule has 2 N–H and O–H groups in total. The lowest BCUT2D eigenvalue weighted by atomic mass is 10.1. The highest BCUT2D eigenvalue weighted by Gasteiger charge is 2.10. The van der Waals surface area contributed by atoms with Gasteiger partial charge in [0.25, 0.3) is 0 Å². The number of amides is 2. The van der Waals surface area contributed by atoms with Crippen LogP contribution in [0.25, 0.3) is 0 Å². The molecule has 0 saturated carbocycles. The van der Waals surface area contributed by atoms with Crippen molar-refractivity contribution in [2.45, 2.75) is 19.8 Å². The number of rotatable bonds is 8. The molecule has 6 nitrogen and oxygen atoms in total. The molecule has 0 bridgehead atoms. The van der Waals surface area contributed by atoms with Crippen LogP contribution in [0.15, 0.2) is 48.5 Å². The van der Waals surface area contributed by atoms with E-state index < -0.39 is 5.91 Å². The Morgan fingerprint density at radius 2 is 1.73 bits per heavy atom. The minimum absolute atomic E-state index is 0.0858. The van der Waals surface area contributed by atoms with Crippen LogP contribution in [0.5, 0.6) is 5.75 Å². The number of benzene rings is 2. The predicted molar refractivity (Wildman–Crippen MR) is 99.4 cm³/mol. The Morgan fingerprint density at radius 3 is 2.38 bits per heavy atom. The average molecular weight is 354 g/mol. The van der Waals surface area contributed by atoms with Crippen molar-refractivity contribution in [3.05, 3.63) is 59.7 Å². The zero-order valence-corrected chi connectivity index (χ0v) is 14.9. The van der Waals surface area contributed by atoms with Gasteiger partial charge in [-0.25, -0.2) is 0 Å². The quantitative estimate of drug-likeness (QED) is 0.564. The van der Waals surface area contributed by atoms with Crippen molar-refractivity contribution in [3.63, 3.8) is 0 Å². The Bertz CT molecular complexity index is 785. The molecule has 0 aromatic heterocycles. The van der Waals surface area contributed by atoms with Gasteiger partial charge in [-0.1, -0.05) is 24.3 Å². The smallest absolute Gasteiger partial charge is 0.233 e. The largest absolute Gasteiger partial charge is 0.497 e. The number of hydrogen-bond donors (Lipinski definition) is 2. The van der Waals surface area contributed by atoms with E-state index in [9.17, 15) is 14.4 Å². The number of anilines is 1. The number of methoxy groups -OCH3 is 1. The molecule has 0 radical (unpaired) electrons. The van der Waals surface area contributed by atoms with E-state index in [1.807, 2.05) is 24.3 Å². The lowest BCUT2D eigenvalue weighted by Crippen LogP contribution is -2.29. The third kappa shape index (κ3) is 6.05. The first-order chi connectivity index (χ1) is 12.5. The standard InChI is InChI=1S/C20H22N2O4/c1-14(23)16-4-3-5-17(12-16)22-20(25)13-19(24)21-11-10-15-6-8-18(26-2)9-7-15/h3-9,12H,10-11,13H2,1-2H3,(H,21,24)(H,22,25). The fraction of sp³-hybridized carbons (Fsp3) is 0.250. The molecule has 0 spiro atoms. The second-order valence-corrected chi connectivity index (χ2v) is 5.81. The first-order valence-corrected chi connectivity index (χ1v) is 8.28. The zero-order valence-electron chi connectivity index (χ0n) is 14.9. The molecule has 0 fully saturated rings. The van der Waals surface area contributed by atoms with Crippen LogP contribution in [0.3, 0.4) is 0 Å². The van der Waals surface area contributed by atoms with Gasteiger partial charge in [0.1, 0.15) is 12.2 Å². The molecule has 2 rings (SSSR count). The summed E-state index contributed by atoms with van der Waals surface area (Å²) < 4.78 is 5.09. The van der Waals surface area contributed by atoms with Crippen molar-refractivity contribution in [3.8, 4) is 5.75 Å². The van der Waals surface area contributed by atoms with Crippen LogP contribution in [0.2, 0.25) is 0 Å². The summed E-state index contributed by atoms with van der Waals surface area (Å²) in [5.41, 5.74) is 2.07. The highest BCUT2D eigenvalue weighted by Crippen LogP contribution is 2.12. The van der Waals surface area contributed by atoms with E-state index in [1.54, 1.807) is 31.4 Å². The molecule has 26 heavy (non-hydrogen) atoms. The normalized spacial score (nSPS) is 10.1. The highest BCUT2D eigenvalue weighted by atomic mass is 16.5. The number of ether oxygens (including phenoxy) is 1. The maximum absolute atomic E-state index is 11.9. The molecule has 6 heteroatoms. The molecule has 0 aliphatic heterocycles. The van der Waals surface area contributed by atoms with Gasteiger partial charge in [0.05, 0.1) is 7.11 Å². The number of ketones is 1. The molecule has 0 aliphatic rings. The summed E-state index contributed by atoms with van der Waals surface area (Å²) in [6, 6.07) is 14.2. The second-order valence-electron chi connectivity index (χ2n) is 5.81. The van der Waals surface area contributed by atoms with E-state index in [0.717, 1.165) is 11.3 Å². The third-order valence-electron chi connectivity index (χ3n) is 3.77. The summed E-state index contributed by atoms with van der Waals surface area (Å²) in [6.07, 6.45) is 0.394. The van der Waals surface area contributed by atoms with Crippen LogP contribution in [0.4, 0.5) is 5.69 Å². The highest BCUT2D eigenvalue weighted by molar-refractivity contribution is 6.04. The molecule has 0 saturated heterocycles. The number of Topliss-reactive ketones (excluding diaryl/α,β-unsaturated/α-hetero) is 1. The average Bonchev–Trinajstić information content (AvgIpc) is 2.62. The summed E-state index contributed by atoms with van der Waals surface area (Å²) in [4.78, 5) is 35.1. The number of nitrogens with one attached hydrogen (secondary N) is 2. The molecular weight excluding hydrogens is 332 g/mol. The molecule has 0 heterocycles. The Morgan fingerprint density at radius 1 is 1.00 bits per heavy atom. The molecule has 2 aromatic rings. The van der Waals surface area contributed by atoms with Crippen molar-refractivity contribution in [2.75, 3.05) is 19.0 Å². The van der Waals surface area contributed by atoms with Gasteiger partial charge >= 0.3 is 0 Å². The van der Waals surface area contributed by atoms with Crippen molar-refractivity contribution in [1.29, 1.82) is 0 Å². The number of hydrogen-bond acceptors (Lipinski definition) is 4. The lowest BCUT2D eigenvalue weighted by molar-refractivity contribution is -0.126. The topological polar surface area (TPSA) is 84.5 Å². The van der Waals surface area contributed by atoms with Gasteiger partial charge in [-0.2, -0.15) is 0 Å². The zero-order chi connectivity index (χ0) is 18.9. The van der Waals surface area contributed by atoms with Crippen LogP contribution >= 0.6 is 0 Å². The van der Waals surface area contributed by atoms with E-state index in [1.165, 1.54) is 6.92 Å². The van der Waals surface area contributed by atoms with Crippen LogP contribution in [0.1, 0.15) is 29.3 Å². The van der Waals surface area contributed by atoms with E-state index in [2.05, 4.69) is 10.6 Å². The van der Waals surface area contributed by atoms with Crippen molar-refractivity contribution in [2.24, 2.45) is 0 Å². The van der Waals surface area contributed by atoms with Crippen LogP contribution < -0.4 is 15.4 Å². The summed E-state index contributed by atoms with van der Waals surface area (Å²) in [5, 5.41) is 5.34. The van der Waals surface area contributed by atoms with E-state index in [-0.39, 0.29) is 18.1 Å².